The number of nitrogens with zero attached hydrogens (tertiary/aromatic N) is 5. The van der Waals surface area contributed by atoms with E-state index in [1.54, 1.807) is 21.0 Å². The molecule has 20 heavy (non-hydrogen) atoms. The predicted octanol–water partition coefficient (Wildman–Crippen LogP) is -0.999. The normalized spacial score (nSPS) is 36.4. The number of rotatable bonds is 1. The van der Waals surface area contributed by atoms with Gasteiger partial charge in [-0.15, -0.1) is 0 Å². The zero-order valence-corrected chi connectivity index (χ0v) is 11.4. The number of piperidine rings is 1. The lowest BCUT2D eigenvalue weighted by atomic mass is 9.60. The van der Waals surface area contributed by atoms with Crippen molar-refractivity contribution in [3.05, 3.63) is 0 Å². The molecule has 2 N–H and O–H groups in total. The molecule has 104 valence electrons. The first-order valence-corrected chi connectivity index (χ1v) is 6.01. The minimum absolute atomic E-state index is 0.0241. The summed E-state index contributed by atoms with van der Waals surface area (Å²) >= 11 is 0. The number of nitriles is 2. The van der Waals surface area contributed by atoms with E-state index >= 15 is 0 Å². The van der Waals surface area contributed by atoms with Crippen LogP contribution in [0.5, 0.6) is 0 Å². The number of amidine groups is 1. The maximum absolute atomic E-state index is 12.3. The Morgan fingerprint density at radius 3 is 2.45 bits per heavy atom. The van der Waals surface area contributed by atoms with Gasteiger partial charge in [0.15, 0.2) is 5.41 Å². The fourth-order valence-electron chi connectivity index (χ4n) is 3.12. The quantitative estimate of drug-likeness (QED) is 0.653. The number of carbonyl (C=O) groups is 2. The summed E-state index contributed by atoms with van der Waals surface area (Å²) < 4.78 is 0. The Kier molecular flexibility index (Phi) is 2.81. The summed E-state index contributed by atoms with van der Waals surface area (Å²) in [7, 11) is 3.09. The second kappa shape index (κ2) is 4.02. The first kappa shape index (κ1) is 14.0. The van der Waals surface area contributed by atoms with E-state index in [-0.39, 0.29) is 18.2 Å². The topological polar surface area (TPSA) is 127 Å². The molecule has 0 saturated carbocycles. The predicted molar refractivity (Wildman–Crippen MR) is 67.3 cm³/mol. The van der Waals surface area contributed by atoms with Crippen LogP contribution in [-0.4, -0.2) is 47.3 Å². The highest BCUT2D eigenvalue weighted by atomic mass is 16.2. The van der Waals surface area contributed by atoms with E-state index in [2.05, 4.69) is 4.99 Å². The van der Waals surface area contributed by atoms with Gasteiger partial charge in [-0.1, -0.05) is 6.92 Å². The van der Waals surface area contributed by atoms with Crippen LogP contribution in [0, 0.1) is 34.0 Å². The molecule has 3 atom stereocenters. The number of nitrogens with two attached hydrogens (primary N) is 1. The summed E-state index contributed by atoms with van der Waals surface area (Å²) in [5.41, 5.74) is 2.14. The van der Waals surface area contributed by atoms with Crippen molar-refractivity contribution in [2.45, 2.75) is 18.9 Å². The molecule has 8 heteroatoms. The number of amides is 2. The highest BCUT2D eigenvalue weighted by molar-refractivity contribution is 6.16. The molecule has 0 bridgehead atoms. The third-order valence-electron chi connectivity index (χ3n) is 4.01. The van der Waals surface area contributed by atoms with E-state index in [4.69, 9.17) is 5.73 Å². The van der Waals surface area contributed by atoms with Crippen LogP contribution in [0.3, 0.4) is 0 Å². The first-order valence-electron chi connectivity index (χ1n) is 6.01. The molecule has 0 spiro atoms. The fraction of sp³-hybridized carbons (Fsp3) is 0.583. The Balaban J connectivity index is 2.84. The monoisotopic (exact) mass is 274 g/mol. The Labute approximate surface area is 116 Å². The summed E-state index contributed by atoms with van der Waals surface area (Å²) in [5, 5.41) is 21.7. The van der Waals surface area contributed by atoms with E-state index in [1.807, 2.05) is 12.1 Å². The molecule has 2 aliphatic rings. The molecule has 1 saturated heterocycles. The van der Waals surface area contributed by atoms with Crippen molar-refractivity contribution in [3.63, 3.8) is 0 Å². The lowest BCUT2D eigenvalue weighted by molar-refractivity contribution is -0.171. The maximum atomic E-state index is 12.3. The Morgan fingerprint density at radius 2 is 2.00 bits per heavy atom. The summed E-state index contributed by atoms with van der Waals surface area (Å²) in [4.78, 5) is 28.1. The van der Waals surface area contributed by atoms with Crippen LogP contribution in [0.15, 0.2) is 4.99 Å². The molecular weight excluding hydrogens is 260 g/mol. The zero-order chi connectivity index (χ0) is 15.3. The van der Waals surface area contributed by atoms with Crippen LogP contribution in [-0.2, 0) is 9.59 Å². The van der Waals surface area contributed by atoms with Gasteiger partial charge in [0, 0.05) is 20.5 Å². The van der Waals surface area contributed by atoms with Crippen molar-refractivity contribution in [2.24, 2.45) is 22.1 Å². The molecule has 2 rings (SSSR count). The van der Waals surface area contributed by atoms with Crippen molar-refractivity contribution < 1.29 is 9.59 Å². The smallest absolute Gasteiger partial charge is 0.272 e. The minimum Gasteiger partial charge on any atom is -0.384 e. The zero-order valence-electron chi connectivity index (χ0n) is 11.4. The molecule has 0 aromatic rings. The van der Waals surface area contributed by atoms with Gasteiger partial charge in [0.1, 0.15) is 11.9 Å². The number of aliphatic imine (C=N–C) groups is 1. The molecule has 0 aromatic heterocycles. The van der Waals surface area contributed by atoms with Gasteiger partial charge in [-0.25, -0.2) is 10.0 Å². The molecular formula is C12H14N6O2. The summed E-state index contributed by atoms with van der Waals surface area (Å²) in [6.45, 7) is 1.59. The summed E-state index contributed by atoms with van der Waals surface area (Å²) in [6.07, 6.45) is -0.0241. The SMILES string of the molecule is CC1CC(=O)N(N(C)C)C2(C#N)C(N)=NC(=O)C12C#N. The van der Waals surface area contributed by atoms with Crippen molar-refractivity contribution in [2.75, 3.05) is 14.1 Å². The van der Waals surface area contributed by atoms with E-state index in [0.717, 1.165) is 5.01 Å². The molecule has 0 aromatic carbocycles. The van der Waals surface area contributed by atoms with Gasteiger partial charge in [0.2, 0.25) is 11.4 Å². The molecule has 1 fully saturated rings. The van der Waals surface area contributed by atoms with E-state index in [1.165, 1.54) is 5.01 Å². The molecule has 2 amide bonds. The summed E-state index contributed by atoms with van der Waals surface area (Å²) in [5.74, 6) is -2.08. The third kappa shape index (κ3) is 1.19. The highest BCUT2D eigenvalue weighted by Gasteiger charge is 2.74. The second-order valence-corrected chi connectivity index (χ2v) is 5.20. The van der Waals surface area contributed by atoms with Crippen LogP contribution in [0.4, 0.5) is 0 Å². The number of hydrazine groups is 1. The van der Waals surface area contributed by atoms with Crippen molar-refractivity contribution in [1.82, 2.24) is 10.0 Å². The first-order chi connectivity index (χ1) is 9.29. The average Bonchev–Trinajstić information content (AvgIpc) is 2.58. The maximum Gasteiger partial charge on any atom is 0.272 e. The van der Waals surface area contributed by atoms with Crippen LogP contribution < -0.4 is 5.73 Å². The minimum atomic E-state index is -1.88. The molecule has 8 nitrogen and oxygen atoms in total. The van der Waals surface area contributed by atoms with Crippen molar-refractivity contribution >= 4 is 17.6 Å². The fourth-order valence-corrected chi connectivity index (χ4v) is 3.12. The van der Waals surface area contributed by atoms with Crippen LogP contribution in [0.2, 0.25) is 0 Å². The van der Waals surface area contributed by atoms with E-state index in [0.29, 0.717) is 0 Å². The molecule has 0 aliphatic carbocycles. The number of carbonyl (C=O) groups excluding carboxylic acids is 2. The molecule has 2 heterocycles. The van der Waals surface area contributed by atoms with Crippen LogP contribution >= 0.6 is 0 Å². The van der Waals surface area contributed by atoms with Crippen LogP contribution in [0.1, 0.15) is 13.3 Å². The van der Waals surface area contributed by atoms with Gasteiger partial charge in [0.05, 0.1) is 6.07 Å². The summed E-state index contributed by atoms with van der Waals surface area (Å²) in [6, 6.07) is 3.83. The Morgan fingerprint density at radius 1 is 1.40 bits per heavy atom. The number of hydrogen-bond acceptors (Lipinski definition) is 6. The number of fused-ring (bicyclic) bond motifs is 1. The molecule has 2 aliphatic heterocycles. The molecule has 3 unspecified atom stereocenters. The van der Waals surface area contributed by atoms with Gasteiger partial charge in [-0.2, -0.15) is 15.5 Å². The van der Waals surface area contributed by atoms with Gasteiger partial charge >= 0.3 is 0 Å². The van der Waals surface area contributed by atoms with E-state index < -0.39 is 22.8 Å². The average molecular weight is 274 g/mol. The lowest BCUT2D eigenvalue weighted by Gasteiger charge is -2.51. The van der Waals surface area contributed by atoms with E-state index in [9.17, 15) is 20.1 Å². The Hall–Kier alpha value is -2.45. The van der Waals surface area contributed by atoms with Crippen LogP contribution in [0.25, 0.3) is 0 Å². The standard InChI is InChI=1S/C12H14N6O2/c1-7-4-8(19)18(17(2)3)12(6-14)9(15)16-10(20)11(7,12)5-13/h7H,4H2,1-3H3,(H2,15,16,20). The Bertz CT molecular complexity index is 612. The second-order valence-electron chi connectivity index (χ2n) is 5.20. The lowest BCUT2D eigenvalue weighted by Crippen LogP contribution is -2.73. The third-order valence-corrected chi connectivity index (χ3v) is 4.01. The van der Waals surface area contributed by atoms with Gasteiger partial charge in [-0.3, -0.25) is 9.59 Å². The number of hydrogen-bond donors (Lipinski definition) is 1. The highest BCUT2D eigenvalue weighted by Crippen LogP contribution is 2.52. The largest absolute Gasteiger partial charge is 0.384 e. The van der Waals surface area contributed by atoms with Gasteiger partial charge < -0.3 is 5.73 Å². The van der Waals surface area contributed by atoms with Gasteiger partial charge in [0.25, 0.3) is 5.91 Å². The van der Waals surface area contributed by atoms with Crippen molar-refractivity contribution in [3.8, 4) is 12.1 Å². The van der Waals surface area contributed by atoms with Crippen molar-refractivity contribution in [1.29, 1.82) is 10.5 Å². The van der Waals surface area contributed by atoms with Gasteiger partial charge in [-0.05, 0) is 5.92 Å². The molecule has 0 radical (unpaired) electrons.